The van der Waals surface area contributed by atoms with Crippen molar-refractivity contribution in [2.24, 2.45) is 21.9 Å². The zero-order valence-electron chi connectivity index (χ0n) is 18.4. The Morgan fingerprint density at radius 3 is 2.61 bits per heavy atom. The molecule has 0 saturated heterocycles. The van der Waals surface area contributed by atoms with Gasteiger partial charge in [-0.1, -0.05) is 49.7 Å². The Balaban J connectivity index is 1.51. The molecule has 2 aromatic carbocycles. The number of aryl methyl sites for hydroxylation is 1. The van der Waals surface area contributed by atoms with Crippen LogP contribution in [0.3, 0.4) is 0 Å². The zero-order chi connectivity index (χ0) is 21.8. The zero-order valence-corrected chi connectivity index (χ0v) is 18.4. The van der Waals surface area contributed by atoms with E-state index in [1.54, 1.807) is 12.1 Å². The minimum absolute atomic E-state index is 0.0320. The van der Waals surface area contributed by atoms with Gasteiger partial charge in [-0.25, -0.2) is 4.79 Å². The van der Waals surface area contributed by atoms with Gasteiger partial charge >= 0.3 is 5.97 Å². The van der Waals surface area contributed by atoms with E-state index in [1.165, 1.54) is 0 Å². The summed E-state index contributed by atoms with van der Waals surface area (Å²) in [6.07, 6.45) is 4.30. The van der Waals surface area contributed by atoms with Crippen molar-refractivity contribution in [3.63, 3.8) is 0 Å². The Hall–Kier alpha value is -3.08. The van der Waals surface area contributed by atoms with E-state index < -0.39 is 5.97 Å². The minimum Gasteiger partial charge on any atom is -0.454 e. The fraction of sp³-hybridized carbons (Fsp3) is 0.385. The molecule has 160 valence electrons. The third-order valence-electron chi connectivity index (χ3n) is 7.62. The summed E-state index contributed by atoms with van der Waals surface area (Å²) in [5.41, 5.74) is 4.55. The van der Waals surface area contributed by atoms with E-state index in [0.717, 1.165) is 46.8 Å². The molecule has 0 radical (unpaired) electrons. The summed E-state index contributed by atoms with van der Waals surface area (Å²) >= 11 is 0. The molecule has 0 unspecified atom stereocenters. The lowest BCUT2D eigenvalue weighted by atomic mass is 9.70. The molecule has 31 heavy (non-hydrogen) atoms. The van der Waals surface area contributed by atoms with Crippen LogP contribution in [0.5, 0.6) is 11.5 Å². The van der Waals surface area contributed by atoms with Crippen molar-refractivity contribution in [1.29, 1.82) is 0 Å². The van der Waals surface area contributed by atoms with Crippen molar-refractivity contribution in [2.45, 2.75) is 40.5 Å². The number of hydrogen-bond donors (Lipinski definition) is 0. The first-order valence-electron chi connectivity index (χ1n) is 10.8. The smallest absolute Gasteiger partial charge is 0.365 e. The van der Waals surface area contributed by atoms with Crippen molar-refractivity contribution in [3.05, 3.63) is 64.7 Å². The lowest BCUT2D eigenvalue weighted by molar-refractivity contribution is 0.0509. The minimum atomic E-state index is -0.431. The average molecular weight is 418 g/mol. The average Bonchev–Trinajstić information content (AvgIpc) is 3.34. The Morgan fingerprint density at radius 1 is 1.10 bits per heavy atom. The van der Waals surface area contributed by atoms with Gasteiger partial charge in [-0.2, -0.15) is 0 Å². The molecule has 0 N–H and O–H groups in total. The first-order valence-corrected chi connectivity index (χ1v) is 10.8. The van der Waals surface area contributed by atoms with Crippen molar-refractivity contribution < 1.29 is 19.1 Å². The maximum atomic E-state index is 12.6. The number of carbonyl (C=O) groups is 1. The molecule has 1 aliphatic heterocycles. The molecular weight excluding hydrogens is 390 g/mol. The maximum Gasteiger partial charge on any atom is 0.365 e. The number of oxime groups is 1. The number of fused-ring (bicyclic) bond motifs is 3. The van der Waals surface area contributed by atoms with Crippen LogP contribution in [0.4, 0.5) is 0 Å². The van der Waals surface area contributed by atoms with Crippen LogP contribution in [0.15, 0.2) is 53.2 Å². The summed E-state index contributed by atoms with van der Waals surface area (Å²) in [4.78, 5) is 18.1. The van der Waals surface area contributed by atoms with E-state index in [-0.39, 0.29) is 17.6 Å². The Labute approximate surface area is 182 Å². The van der Waals surface area contributed by atoms with E-state index >= 15 is 0 Å². The van der Waals surface area contributed by atoms with Crippen molar-refractivity contribution in [3.8, 4) is 11.5 Å². The highest BCUT2D eigenvalue weighted by molar-refractivity contribution is 6.11. The lowest BCUT2D eigenvalue weighted by Gasteiger charge is -2.33. The van der Waals surface area contributed by atoms with Crippen molar-refractivity contribution in [1.82, 2.24) is 0 Å². The van der Waals surface area contributed by atoms with Gasteiger partial charge in [0.05, 0.1) is 11.3 Å². The van der Waals surface area contributed by atoms with E-state index in [9.17, 15) is 4.79 Å². The maximum absolute atomic E-state index is 12.6. The van der Waals surface area contributed by atoms with Gasteiger partial charge in [-0.05, 0) is 72.6 Å². The third-order valence-corrected chi connectivity index (χ3v) is 7.62. The fourth-order valence-electron chi connectivity index (χ4n) is 5.29. The normalized spacial score (nSPS) is 27.8. The van der Waals surface area contributed by atoms with E-state index in [2.05, 4.69) is 32.0 Å². The highest BCUT2D eigenvalue weighted by atomic mass is 16.7. The SMILES string of the molecule is Cc1ccc(C(=O)O/N=C2\C(=C\c3ccc4c(c3)OCO4)[C@@H]3CC[C@]2(C)C3(C)C)cc1. The molecule has 2 bridgehead atoms. The van der Waals surface area contributed by atoms with E-state index in [4.69, 9.17) is 14.3 Å². The second-order valence-corrected chi connectivity index (χ2v) is 9.54. The molecule has 2 atom stereocenters. The molecule has 2 aliphatic carbocycles. The number of carbonyl (C=O) groups excluding carboxylic acids is 1. The topological polar surface area (TPSA) is 57.1 Å². The Kier molecular flexibility index (Phi) is 4.47. The summed E-state index contributed by atoms with van der Waals surface area (Å²) in [5.74, 6) is 1.45. The number of ether oxygens (including phenoxy) is 2. The molecule has 0 spiro atoms. The molecule has 1 heterocycles. The van der Waals surface area contributed by atoms with Gasteiger partial charge in [0.25, 0.3) is 0 Å². The Morgan fingerprint density at radius 2 is 1.84 bits per heavy atom. The van der Waals surface area contributed by atoms with Gasteiger partial charge in [0, 0.05) is 5.41 Å². The lowest BCUT2D eigenvalue weighted by Crippen LogP contribution is -2.33. The highest BCUT2D eigenvalue weighted by Gasteiger charge is 2.63. The van der Waals surface area contributed by atoms with Crippen LogP contribution in [0.25, 0.3) is 6.08 Å². The molecule has 2 fully saturated rings. The summed E-state index contributed by atoms with van der Waals surface area (Å²) < 4.78 is 11.0. The predicted octanol–water partition coefficient (Wildman–Crippen LogP) is 5.78. The van der Waals surface area contributed by atoms with E-state index in [1.807, 2.05) is 37.3 Å². The monoisotopic (exact) mass is 417 g/mol. The van der Waals surface area contributed by atoms with Gasteiger partial charge < -0.3 is 14.3 Å². The third kappa shape index (κ3) is 3.06. The Bertz CT molecular complexity index is 1110. The number of hydrogen-bond acceptors (Lipinski definition) is 5. The second kappa shape index (κ2) is 6.98. The highest BCUT2D eigenvalue weighted by Crippen LogP contribution is 2.66. The largest absolute Gasteiger partial charge is 0.454 e. The van der Waals surface area contributed by atoms with Gasteiger partial charge in [-0.15, -0.1) is 0 Å². The van der Waals surface area contributed by atoms with Gasteiger partial charge in [-0.3, -0.25) is 0 Å². The van der Waals surface area contributed by atoms with Crippen LogP contribution in [0.1, 0.15) is 55.1 Å². The molecule has 0 amide bonds. The van der Waals surface area contributed by atoms with Crippen LogP contribution in [0.2, 0.25) is 0 Å². The molecule has 2 saturated carbocycles. The summed E-state index contributed by atoms with van der Waals surface area (Å²) in [5, 5.41) is 4.46. The summed E-state index contributed by atoms with van der Waals surface area (Å²) in [6, 6.07) is 13.3. The van der Waals surface area contributed by atoms with Gasteiger partial charge in [0.15, 0.2) is 11.5 Å². The van der Waals surface area contributed by atoms with Crippen LogP contribution in [-0.4, -0.2) is 18.5 Å². The molecule has 0 aromatic heterocycles. The molecular formula is C26H27NO4. The molecule has 2 aromatic rings. The quantitative estimate of drug-likeness (QED) is 0.469. The number of allylic oxidation sites excluding steroid dienone is 1. The first-order chi connectivity index (χ1) is 14.8. The van der Waals surface area contributed by atoms with E-state index in [0.29, 0.717) is 11.5 Å². The van der Waals surface area contributed by atoms with Crippen LogP contribution < -0.4 is 9.47 Å². The van der Waals surface area contributed by atoms with Gasteiger partial charge in [0.1, 0.15) is 0 Å². The van der Waals surface area contributed by atoms with Crippen LogP contribution >= 0.6 is 0 Å². The van der Waals surface area contributed by atoms with Crippen molar-refractivity contribution in [2.75, 3.05) is 6.79 Å². The number of nitrogens with zero attached hydrogens (tertiary/aromatic N) is 1. The molecule has 5 rings (SSSR count). The number of rotatable bonds is 3. The fourth-order valence-corrected chi connectivity index (χ4v) is 5.29. The number of benzene rings is 2. The first kappa shape index (κ1) is 19.9. The van der Waals surface area contributed by atoms with Crippen LogP contribution in [-0.2, 0) is 4.84 Å². The molecule has 5 nitrogen and oxygen atoms in total. The molecule has 3 aliphatic rings. The van der Waals surface area contributed by atoms with Gasteiger partial charge in [0.2, 0.25) is 6.79 Å². The summed E-state index contributed by atoms with van der Waals surface area (Å²) in [7, 11) is 0. The second-order valence-electron chi connectivity index (χ2n) is 9.54. The summed E-state index contributed by atoms with van der Waals surface area (Å²) in [6.45, 7) is 9.07. The van der Waals surface area contributed by atoms with Crippen molar-refractivity contribution >= 4 is 17.8 Å². The van der Waals surface area contributed by atoms with Crippen LogP contribution in [0, 0.1) is 23.7 Å². The molecule has 5 heteroatoms. The standard InChI is InChI=1S/C26H27NO4/c1-16-5-8-18(9-6-16)24(28)31-27-23-19(20-11-12-26(23,4)25(20,2)3)13-17-7-10-21-22(14-17)30-15-29-21/h5-10,13-14,20H,11-12,15H2,1-4H3/b19-13+,27-23+/t20-,26-/m0/s1. The predicted molar refractivity (Wildman–Crippen MR) is 119 cm³/mol.